The molecule has 0 aromatic carbocycles. The molecule has 25 heavy (non-hydrogen) atoms. The Bertz CT molecular complexity index is 582. The van der Waals surface area contributed by atoms with Crippen LogP contribution in [0.3, 0.4) is 0 Å². The predicted molar refractivity (Wildman–Crippen MR) is 94.0 cm³/mol. The highest BCUT2D eigenvalue weighted by molar-refractivity contribution is 5.93. The van der Waals surface area contributed by atoms with Crippen molar-refractivity contribution in [2.45, 2.75) is 25.8 Å². The first-order chi connectivity index (χ1) is 12.1. The summed E-state index contributed by atoms with van der Waals surface area (Å²) in [7, 11) is 0. The summed E-state index contributed by atoms with van der Waals surface area (Å²) in [5.41, 5.74) is 0. The number of anilines is 1. The molecule has 1 N–H and O–H groups in total. The maximum absolute atomic E-state index is 12.3. The van der Waals surface area contributed by atoms with Crippen LogP contribution in [-0.4, -0.2) is 88.3 Å². The first-order valence-corrected chi connectivity index (χ1v) is 8.95. The lowest BCUT2D eigenvalue weighted by Gasteiger charge is -2.37. The molecule has 136 valence electrons. The molecule has 0 bridgehead atoms. The summed E-state index contributed by atoms with van der Waals surface area (Å²) in [4.78, 5) is 38.9. The lowest BCUT2D eigenvalue weighted by Crippen LogP contribution is -2.54. The smallest absolute Gasteiger partial charge is 0.243 e. The van der Waals surface area contributed by atoms with E-state index in [4.69, 9.17) is 0 Å². The summed E-state index contributed by atoms with van der Waals surface area (Å²) < 4.78 is 0. The van der Waals surface area contributed by atoms with Crippen LogP contribution in [0.1, 0.15) is 19.8 Å². The highest BCUT2D eigenvalue weighted by atomic mass is 16.2. The number of piperazine rings is 1. The van der Waals surface area contributed by atoms with Gasteiger partial charge in [-0.3, -0.25) is 24.7 Å². The van der Waals surface area contributed by atoms with Gasteiger partial charge in [0.2, 0.25) is 17.8 Å². The second-order valence-electron chi connectivity index (χ2n) is 6.64. The van der Waals surface area contributed by atoms with Crippen LogP contribution in [0.15, 0.2) is 18.5 Å². The van der Waals surface area contributed by atoms with Gasteiger partial charge in [0.1, 0.15) is 0 Å². The molecule has 2 saturated heterocycles. The second-order valence-corrected chi connectivity index (χ2v) is 6.64. The standard InChI is InChI=1S/C17H26N6O2/c1-14(16(25)20-17-18-5-4-6-19-17)22-11-9-21(10-12-22)13-15(24)23-7-2-3-8-23/h4-6,14H,2-3,7-13H2,1H3,(H,18,19,20,25). The number of amides is 2. The third kappa shape index (κ3) is 4.73. The zero-order chi connectivity index (χ0) is 17.6. The van der Waals surface area contributed by atoms with Gasteiger partial charge in [0.05, 0.1) is 12.6 Å². The monoisotopic (exact) mass is 346 g/mol. The molecule has 2 fully saturated rings. The average molecular weight is 346 g/mol. The molecule has 8 heteroatoms. The Balaban J connectivity index is 1.43. The SMILES string of the molecule is CC(C(=O)Nc1ncccn1)N1CCN(CC(=O)N2CCCC2)CC1. The van der Waals surface area contributed by atoms with Crippen molar-refractivity contribution < 1.29 is 9.59 Å². The fourth-order valence-electron chi connectivity index (χ4n) is 3.31. The Hall–Kier alpha value is -2.06. The third-order valence-corrected chi connectivity index (χ3v) is 4.95. The normalized spacial score (nSPS) is 20.4. The van der Waals surface area contributed by atoms with Gasteiger partial charge >= 0.3 is 0 Å². The van der Waals surface area contributed by atoms with Crippen LogP contribution in [-0.2, 0) is 9.59 Å². The molecule has 0 saturated carbocycles. The van der Waals surface area contributed by atoms with Crippen LogP contribution in [0.2, 0.25) is 0 Å². The maximum atomic E-state index is 12.3. The van der Waals surface area contributed by atoms with E-state index in [-0.39, 0.29) is 17.9 Å². The topological polar surface area (TPSA) is 81.7 Å². The summed E-state index contributed by atoms with van der Waals surface area (Å²) in [6, 6.07) is 1.46. The lowest BCUT2D eigenvalue weighted by atomic mass is 10.2. The van der Waals surface area contributed by atoms with Crippen molar-refractivity contribution >= 4 is 17.8 Å². The summed E-state index contributed by atoms with van der Waals surface area (Å²) in [5.74, 6) is 0.458. The predicted octanol–water partition coefficient (Wildman–Crippen LogP) is 0.0436. The van der Waals surface area contributed by atoms with Crippen LogP contribution in [0.25, 0.3) is 0 Å². The Kier molecular flexibility index (Phi) is 5.93. The zero-order valence-electron chi connectivity index (χ0n) is 14.7. The van der Waals surface area contributed by atoms with E-state index < -0.39 is 0 Å². The second kappa shape index (κ2) is 8.35. The maximum Gasteiger partial charge on any atom is 0.243 e. The van der Waals surface area contributed by atoms with Crippen molar-refractivity contribution in [1.82, 2.24) is 24.7 Å². The number of hydrogen-bond donors (Lipinski definition) is 1. The summed E-state index contributed by atoms with van der Waals surface area (Å²) in [5, 5.41) is 2.74. The van der Waals surface area contributed by atoms with Gasteiger partial charge in [-0.25, -0.2) is 9.97 Å². The molecule has 0 radical (unpaired) electrons. The van der Waals surface area contributed by atoms with Gasteiger partial charge in [-0.2, -0.15) is 0 Å². The van der Waals surface area contributed by atoms with E-state index in [1.54, 1.807) is 18.5 Å². The molecule has 1 aromatic rings. The molecule has 2 aliphatic heterocycles. The number of nitrogens with one attached hydrogen (secondary N) is 1. The fraction of sp³-hybridized carbons (Fsp3) is 0.647. The van der Waals surface area contributed by atoms with Gasteiger partial charge in [0.15, 0.2) is 0 Å². The molecule has 2 aliphatic rings. The van der Waals surface area contributed by atoms with Crippen molar-refractivity contribution in [3.05, 3.63) is 18.5 Å². The van der Waals surface area contributed by atoms with E-state index in [2.05, 4.69) is 25.1 Å². The molecule has 3 rings (SSSR count). The molecular formula is C17H26N6O2. The molecule has 8 nitrogen and oxygen atoms in total. The van der Waals surface area contributed by atoms with E-state index in [1.165, 1.54) is 0 Å². The highest BCUT2D eigenvalue weighted by Crippen LogP contribution is 2.11. The number of carbonyl (C=O) groups excluding carboxylic acids is 2. The molecule has 3 heterocycles. The number of carbonyl (C=O) groups is 2. The summed E-state index contributed by atoms with van der Waals surface area (Å²) in [6.45, 7) is 7.35. The van der Waals surface area contributed by atoms with E-state index in [1.807, 2.05) is 11.8 Å². The van der Waals surface area contributed by atoms with Crippen molar-refractivity contribution in [3.8, 4) is 0 Å². The lowest BCUT2D eigenvalue weighted by molar-refractivity contribution is -0.132. The molecule has 1 aromatic heterocycles. The van der Waals surface area contributed by atoms with Gasteiger partial charge in [-0.05, 0) is 25.8 Å². The number of hydrogen-bond acceptors (Lipinski definition) is 6. The minimum atomic E-state index is -0.250. The number of rotatable bonds is 5. The van der Waals surface area contributed by atoms with Crippen LogP contribution in [0.4, 0.5) is 5.95 Å². The minimum Gasteiger partial charge on any atom is -0.342 e. The fourth-order valence-corrected chi connectivity index (χ4v) is 3.31. The van der Waals surface area contributed by atoms with Gasteiger partial charge in [-0.1, -0.05) is 0 Å². The number of aromatic nitrogens is 2. The first-order valence-electron chi connectivity index (χ1n) is 8.95. The van der Waals surface area contributed by atoms with E-state index >= 15 is 0 Å². The largest absolute Gasteiger partial charge is 0.342 e. The Morgan fingerprint density at radius 1 is 1.08 bits per heavy atom. The van der Waals surface area contributed by atoms with Crippen LogP contribution < -0.4 is 5.32 Å². The molecular weight excluding hydrogens is 320 g/mol. The zero-order valence-corrected chi connectivity index (χ0v) is 14.7. The Labute approximate surface area is 148 Å². The summed E-state index contributed by atoms with van der Waals surface area (Å²) in [6.07, 6.45) is 5.45. The molecule has 1 unspecified atom stereocenters. The summed E-state index contributed by atoms with van der Waals surface area (Å²) >= 11 is 0. The molecule has 1 atom stereocenters. The van der Waals surface area contributed by atoms with Gasteiger partial charge in [0, 0.05) is 51.7 Å². The van der Waals surface area contributed by atoms with Gasteiger partial charge in [-0.15, -0.1) is 0 Å². The van der Waals surface area contributed by atoms with Crippen LogP contribution in [0, 0.1) is 0 Å². The van der Waals surface area contributed by atoms with Crippen molar-refractivity contribution in [3.63, 3.8) is 0 Å². The Morgan fingerprint density at radius 2 is 1.72 bits per heavy atom. The van der Waals surface area contributed by atoms with Gasteiger partial charge in [0.25, 0.3) is 0 Å². The first kappa shape index (κ1) is 17.8. The van der Waals surface area contributed by atoms with E-state index in [0.29, 0.717) is 12.5 Å². The van der Waals surface area contributed by atoms with Crippen molar-refractivity contribution in [1.29, 1.82) is 0 Å². The van der Waals surface area contributed by atoms with Crippen LogP contribution >= 0.6 is 0 Å². The highest BCUT2D eigenvalue weighted by Gasteiger charge is 2.28. The van der Waals surface area contributed by atoms with Crippen LogP contribution in [0.5, 0.6) is 0 Å². The molecule has 2 amide bonds. The number of nitrogens with zero attached hydrogens (tertiary/aromatic N) is 5. The third-order valence-electron chi connectivity index (χ3n) is 4.95. The van der Waals surface area contributed by atoms with Crippen molar-refractivity contribution in [2.75, 3.05) is 51.1 Å². The minimum absolute atomic E-state index is 0.104. The van der Waals surface area contributed by atoms with Gasteiger partial charge < -0.3 is 4.90 Å². The number of likely N-dealkylation sites (tertiary alicyclic amines) is 1. The van der Waals surface area contributed by atoms with E-state index in [9.17, 15) is 9.59 Å². The Morgan fingerprint density at radius 3 is 2.36 bits per heavy atom. The molecule has 0 aliphatic carbocycles. The van der Waals surface area contributed by atoms with E-state index in [0.717, 1.165) is 52.1 Å². The average Bonchev–Trinajstić information content (AvgIpc) is 3.17. The molecule has 0 spiro atoms. The van der Waals surface area contributed by atoms with Crippen molar-refractivity contribution in [2.24, 2.45) is 0 Å². The quantitative estimate of drug-likeness (QED) is 0.811.